The second-order valence-electron chi connectivity index (χ2n) is 23.1. The van der Waals surface area contributed by atoms with Gasteiger partial charge in [-0.3, -0.25) is 0 Å². The van der Waals surface area contributed by atoms with Crippen LogP contribution in [0.25, 0.3) is 22.1 Å². The van der Waals surface area contributed by atoms with Crippen LogP contribution in [0.2, 0.25) is 0 Å². The summed E-state index contributed by atoms with van der Waals surface area (Å²) < 4.78 is 0. The highest BCUT2D eigenvalue weighted by Crippen LogP contribution is 2.55. The largest absolute Gasteiger partial charge is 0.377 e. The Bertz CT molecular complexity index is 2700. The minimum absolute atomic E-state index is 0.0359. The molecule has 0 saturated heterocycles. The molecule has 0 aromatic heterocycles. The van der Waals surface area contributed by atoms with Gasteiger partial charge < -0.3 is 9.62 Å². The molecule has 0 atom stereocenters. The second kappa shape index (κ2) is 16.4. The summed E-state index contributed by atoms with van der Waals surface area (Å²) >= 11 is 0. The van der Waals surface area contributed by atoms with Crippen molar-refractivity contribution >= 4 is 46.7 Å². The normalized spacial score (nSPS) is 16.0. The van der Waals surface area contributed by atoms with Crippen LogP contribution in [0.1, 0.15) is 141 Å². The lowest BCUT2D eigenvalue weighted by atomic mass is 9.47. The molecule has 0 amide bonds. The third kappa shape index (κ3) is 7.95. The average molecular weight is 863 g/mol. The Kier molecular flexibility index (Phi) is 11.2. The van der Waals surface area contributed by atoms with E-state index in [9.17, 15) is 0 Å². The molecule has 0 radical (unpaired) electrons. The van der Waals surface area contributed by atoms with Crippen LogP contribution >= 0.6 is 0 Å². The van der Waals surface area contributed by atoms with Crippen molar-refractivity contribution in [3.63, 3.8) is 0 Å². The predicted octanol–water partition coefficient (Wildman–Crippen LogP) is 14.4. The zero-order chi connectivity index (χ0) is 47.1. The Labute approximate surface area is 398 Å². The number of allylic oxidation sites excluding steroid dienone is 4. The molecule has 0 bridgehead atoms. The van der Waals surface area contributed by atoms with Gasteiger partial charge >= 0.3 is 13.7 Å². The molecule has 66 heavy (non-hydrogen) atoms. The molecular formula is C62H68B2N2. The van der Waals surface area contributed by atoms with Gasteiger partial charge in [0.05, 0.1) is 11.4 Å². The minimum atomic E-state index is -0.0709. The van der Waals surface area contributed by atoms with Crippen LogP contribution in [-0.2, 0) is 21.7 Å². The van der Waals surface area contributed by atoms with Crippen molar-refractivity contribution in [1.29, 1.82) is 0 Å². The molecule has 0 unspecified atom stereocenters. The van der Waals surface area contributed by atoms with E-state index in [2.05, 4.69) is 264 Å². The van der Waals surface area contributed by atoms with E-state index in [1.807, 2.05) is 0 Å². The van der Waals surface area contributed by atoms with Crippen LogP contribution < -0.4 is 10.9 Å². The van der Waals surface area contributed by atoms with Gasteiger partial charge in [0, 0.05) is 22.5 Å². The summed E-state index contributed by atoms with van der Waals surface area (Å²) in [6, 6.07) is 60.5. The van der Waals surface area contributed by atoms with Crippen LogP contribution in [0.3, 0.4) is 0 Å². The lowest BCUT2D eigenvalue weighted by Crippen LogP contribution is -2.51. The summed E-state index contributed by atoms with van der Waals surface area (Å²) in [5, 5.41) is 0. The Morgan fingerprint density at radius 1 is 0.303 bits per heavy atom. The number of fused-ring (bicyclic) bond motifs is 2. The predicted molar refractivity (Wildman–Crippen MR) is 287 cm³/mol. The fraction of sp³-hybridized carbons (Fsp3) is 0.290. The van der Waals surface area contributed by atoms with Crippen LogP contribution in [0.5, 0.6) is 0 Å². The molecule has 6 aromatic rings. The van der Waals surface area contributed by atoms with Gasteiger partial charge in [-0.2, -0.15) is 0 Å². The number of nitrogens with zero attached hydrogens (tertiary/aromatic N) is 2. The van der Waals surface area contributed by atoms with Crippen molar-refractivity contribution in [3.8, 4) is 0 Å². The monoisotopic (exact) mass is 863 g/mol. The Morgan fingerprint density at radius 2 is 0.545 bits per heavy atom. The van der Waals surface area contributed by atoms with E-state index < -0.39 is 0 Å². The fourth-order valence-electron chi connectivity index (χ4n) is 10.6. The number of rotatable bonds is 6. The summed E-state index contributed by atoms with van der Waals surface area (Å²) in [6.45, 7) is 32.3. The van der Waals surface area contributed by atoms with Gasteiger partial charge in [-0.25, -0.2) is 0 Å². The van der Waals surface area contributed by atoms with Crippen molar-refractivity contribution in [2.45, 2.75) is 119 Å². The van der Waals surface area contributed by atoms with E-state index in [0.717, 1.165) is 0 Å². The molecule has 0 fully saturated rings. The molecule has 332 valence electrons. The standard InChI is InChI=1S/C62H68B2N2/c1-41-57-53(43-25-33-47(34-26-43)59(3,4)5)55(45-29-37-49(38-30-45)61(9,10)11)64(52-23-19-16-20-24-52)66(57)42(2)58-54(44-27-35-48(36-28-44)60(6,7)8)56(46-31-39-50(40-32-46)62(12,13)14)63(65(41)58)51-21-17-15-18-22-51/h15-40H,1-14H3. The van der Waals surface area contributed by atoms with Crippen LogP contribution in [0, 0.1) is 0 Å². The molecule has 0 aliphatic carbocycles. The van der Waals surface area contributed by atoms with Gasteiger partial charge in [0.25, 0.3) is 0 Å². The molecule has 0 saturated carbocycles. The first kappa shape index (κ1) is 45.2. The summed E-state index contributed by atoms with van der Waals surface area (Å²) in [6.07, 6.45) is 0. The van der Waals surface area contributed by atoms with Crippen LogP contribution in [0.4, 0.5) is 0 Å². The van der Waals surface area contributed by atoms with Crippen LogP contribution in [-0.4, -0.2) is 23.3 Å². The highest BCUT2D eigenvalue weighted by molar-refractivity contribution is 6.93. The topological polar surface area (TPSA) is 6.48 Å². The quantitative estimate of drug-likeness (QED) is 0.154. The SMILES string of the molecule is CC1=C2C(c3ccc(C(C)(C)C)cc3)=C(c3ccc(C(C)(C)C)cc3)B(c3ccccc3)N2C(C)=C2C(c3ccc(C(C)(C)C)cc3)=C(c3ccc(C(C)(C)C)cc3)B(c3ccccc3)N12. The second-order valence-corrected chi connectivity index (χ2v) is 23.1. The van der Waals surface area contributed by atoms with Crippen molar-refractivity contribution in [3.05, 3.63) is 225 Å². The van der Waals surface area contributed by atoms with Crippen molar-refractivity contribution in [1.82, 2.24) is 9.62 Å². The molecule has 0 spiro atoms. The Balaban J connectivity index is 1.39. The summed E-state index contributed by atoms with van der Waals surface area (Å²) in [5.41, 5.74) is 23.4. The van der Waals surface area contributed by atoms with Gasteiger partial charge in [-0.1, -0.05) is 252 Å². The third-order valence-corrected chi connectivity index (χ3v) is 14.4. The van der Waals surface area contributed by atoms with Crippen molar-refractivity contribution < 1.29 is 0 Å². The van der Waals surface area contributed by atoms with Gasteiger partial charge in [0.15, 0.2) is 0 Å². The van der Waals surface area contributed by atoms with Gasteiger partial charge in [-0.15, -0.1) is 0 Å². The van der Waals surface area contributed by atoms with Crippen molar-refractivity contribution in [2.24, 2.45) is 0 Å². The van der Waals surface area contributed by atoms with E-state index >= 15 is 0 Å². The number of hydrogen-bond acceptors (Lipinski definition) is 2. The first-order valence-electron chi connectivity index (χ1n) is 24.2. The van der Waals surface area contributed by atoms with Gasteiger partial charge in [0.1, 0.15) is 0 Å². The van der Waals surface area contributed by atoms with Crippen molar-refractivity contribution in [2.75, 3.05) is 0 Å². The fourth-order valence-corrected chi connectivity index (χ4v) is 10.6. The molecule has 4 heteroatoms. The van der Waals surface area contributed by atoms with Gasteiger partial charge in [-0.05, 0) is 91.0 Å². The molecule has 3 heterocycles. The first-order valence-corrected chi connectivity index (χ1v) is 24.2. The maximum Gasteiger partial charge on any atom is 0.329 e. The molecule has 2 nitrogen and oxygen atoms in total. The van der Waals surface area contributed by atoms with E-state index in [1.54, 1.807) is 0 Å². The molecule has 3 aliphatic rings. The van der Waals surface area contributed by atoms with E-state index in [-0.39, 0.29) is 35.4 Å². The smallest absolute Gasteiger partial charge is 0.329 e. The van der Waals surface area contributed by atoms with E-state index in [4.69, 9.17) is 0 Å². The minimum Gasteiger partial charge on any atom is -0.377 e. The van der Waals surface area contributed by atoms with Gasteiger partial charge in [0.2, 0.25) is 0 Å². The summed E-state index contributed by atoms with van der Waals surface area (Å²) in [4.78, 5) is 5.43. The Morgan fingerprint density at radius 3 is 0.788 bits per heavy atom. The summed E-state index contributed by atoms with van der Waals surface area (Å²) in [7, 11) is 0. The van der Waals surface area contributed by atoms with Crippen LogP contribution in [0.15, 0.2) is 181 Å². The first-order chi connectivity index (χ1) is 31.1. The molecule has 0 N–H and O–H groups in total. The van der Waals surface area contributed by atoms with E-state index in [0.29, 0.717) is 0 Å². The summed E-state index contributed by atoms with van der Waals surface area (Å²) in [5.74, 6) is 0. The maximum atomic E-state index is 2.72. The lowest BCUT2D eigenvalue weighted by molar-refractivity contribution is 0.550. The molecule has 3 aliphatic heterocycles. The zero-order valence-electron chi connectivity index (χ0n) is 42.1. The highest BCUT2D eigenvalue weighted by atomic mass is 15.2. The number of benzene rings is 6. The molecule has 9 rings (SSSR count). The average Bonchev–Trinajstić information content (AvgIpc) is 3.84. The molecular weight excluding hydrogens is 794 g/mol. The zero-order valence-corrected chi connectivity index (χ0v) is 42.1. The highest BCUT2D eigenvalue weighted by Gasteiger charge is 2.52. The van der Waals surface area contributed by atoms with E-state index in [1.165, 1.54) is 100 Å². The lowest BCUT2D eigenvalue weighted by Gasteiger charge is -2.42. The maximum absolute atomic E-state index is 2.72. The number of hydrogen-bond donors (Lipinski definition) is 0. The Hall–Kier alpha value is -5.99. The molecule has 6 aromatic carbocycles. The third-order valence-electron chi connectivity index (χ3n) is 14.4.